The van der Waals surface area contributed by atoms with Crippen molar-refractivity contribution in [3.63, 3.8) is 0 Å². The van der Waals surface area contributed by atoms with Crippen molar-refractivity contribution in [3.05, 3.63) is 77.4 Å². The monoisotopic (exact) mass is 451 g/mol. The normalized spacial score (nSPS) is 27.4. The number of methoxy groups -OCH3 is 1. The van der Waals surface area contributed by atoms with Gasteiger partial charge in [0, 0.05) is 28.5 Å². The molecule has 3 nitrogen and oxygen atoms in total. The van der Waals surface area contributed by atoms with Crippen molar-refractivity contribution in [1.82, 2.24) is 0 Å². The first-order valence-corrected chi connectivity index (χ1v) is 12.7. The molecule has 3 aromatic carbocycles. The summed E-state index contributed by atoms with van der Waals surface area (Å²) in [4.78, 5) is 4.88. The van der Waals surface area contributed by atoms with Gasteiger partial charge in [-0.3, -0.25) is 4.99 Å². The van der Waals surface area contributed by atoms with E-state index in [1.165, 1.54) is 49.7 Å². The lowest BCUT2D eigenvalue weighted by Gasteiger charge is -2.57. The number of ether oxygens (including phenoxy) is 1. The number of para-hydroxylation sites is 2. The molecule has 4 saturated carbocycles. The lowest BCUT2D eigenvalue weighted by atomic mass is 9.48. The zero-order valence-corrected chi connectivity index (χ0v) is 20.1. The molecule has 0 atom stereocenters. The first-order valence-electron chi connectivity index (χ1n) is 12.7. The number of hydrogen-bond donors (Lipinski definition) is 1. The van der Waals surface area contributed by atoms with E-state index in [4.69, 9.17) is 9.73 Å². The highest BCUT2D eigenvalue weighted by molar-refractivity contribution is 5.89. The summed E-state index contributed by atoms with van der Waals surface area (Å²) in [7, 11) is 1.70. The molecule has 1 N–H and O–H groups in total. The summed E-state index contributed by atoms with van der Waals surface area (Å²) in [5.41, 5.74) is 6.24. The number of nitrogens with zero attached hydrogens (tertiary/aromatic N) is 1. The molecule has 4 aliphatic carbocycles. The van der Waals surface area contributed by atoms with Crippen molar-refractivity contribution in [3.8, 4) is 22.6 Å². The highest BCUT2D eigenvalue weighted by Crippen LogP contribution is 2.62. The molecule has 0 spiro atoms. The van der Waals surface area contributed by atoms with Crippen LogP contribution >= 0.6 is 0 Å². The number of aromatic hydroxyl groups is 1. The Morgan fingerprint density at radius 2 is 1.50 bits per heavy atom. The van der Waals surface area contributed by atoms with Gasteiger partial charge in [-0.05, 0) is 92.4 Å². The van der Waals surface area contributed by atoms with Gasteiger partial charge in [0.05, 0.1) is 12.8 Å². The molecule has 0 radical (unpaired) electrons. The average Bonchev–Trinajstić information content (AvgIpc) is 2.83. The average molecular weight is 452 g/mol. The molecule has 4 bridgehead atoms. The maximum Gasteiger partial charge on any atom is 0.128 e. The van der Waals surface area contributed by atoms with Gasteiger partial charge in [-0.15, -0.1) is 0 Å². The number of phenols is 1. The second-order valence-corrected chi connectivity index (χ2v) is 10.9. The van der Waals surface area contributed by atoms with E-state index < -0.39 is 0 Å². The minimum atomic E-state index is 0.156. The van der Waals surface area contributed by atoms with Crippen molar-refractivity contribution >= 4 is 11.9 Å². The predicted octanol–water partition coefficient (Wildman–Crippen LogP) is 7.59. The van der Waals surface area contributed by atoms with Crippen molar-refractivity contribution < 1.29 is 9.84 Å². The van der Waals surface area contributed by atoms with Crippen LogP contribution in [-0.2, 0) is 5.41 Å². The smallest absolute Gasteiger partial charge is 0.128 e. The Hall–Kier alpha value is -3.07. The van der Waals surface area contributed by atoms with Crippen LogP contribution in [0.25, 0.3) is 11.1 Å². The highest BCUT2D eigenvalue weighted by Gasteiger charge is 2.52. The number of aryl methyl sites for hydroxylation is 1. The molecule has 0 aromatic heterocycles. The topological polar surface area (TPSA) is 41.8 Å². The molecule has 7 rings (SSSR count). The molecule has 0 amide bonds. The van der Waals surface area contributed by atoms with E-state index >= 15 is 0 Å². The molecule has 3 heteroatoms. The Morgan fingerprint density at radius 1 is 0.882 bits per heavy atom. The Balaban J connectivity index is 1.38. The molecule has 0 saturated heterocycles. The summed E-state index contributed by atoms with van der Waals surface area (Å²) in [5.74, 6) is 3.79. The maximum atomic E-state index is 11.5. The van der Waals surface area contributed by atoms with Crippen LogP contribution in [0.4, 0.5) is 5.69 Å². The van der Waals surface area contributed by atoms with Crippen LogP contribution in [0.15, 0.2) is 65.7 Å². The number of phenolic OH excluding ortho intramolecular Hbond substituents is 1. The number of aliphatic imine (C=N–C) groups is 1. The van der Waals surface area contributed by atoms with Gasteiger partial charge in [0.25, 0.3) is 0 Å². The predicted molar refractivity (Wildman–Crippen MR) is 138 cm³/mol. The number of hydrogen-bond acceptors (Lipinski definition) is 3. The summed E-state index contributed by atoms with van der Waals surface area (Å²) in [6.45, 7) is 2.14. The second kappa shape index (κ2) is 8.30. The maximum absolute atomic E-state index is 11.5. The quantitative estimate of drug-likeness (QED) is 0.406. The van der Waals surface area contributed by atoms with Crippen molar-refractivity contribution in [2.45, 2.75) is 50.9 Å². The van der Waals surface area contributed by atoms with Crippen molar-refractivity contribution in [2.75, 3.05) is 7.11 Å². The largest absolute Gasteiger partial charge is 0.507 e. The van der Waals surface area contributed by atoms with Crippen LogP contribution in [0, 0.1) is 24.7 Å². The minimum absolute atomic E-state index is 0.156. The summed E-state index contributed by atoms with van der Waals surface area (Å²) < 4.78 is 5.59. The van der Waals surface area contributed by atoms with E-state index in [0.29, 0.717) is 5.75 Å². The number of rotatable bonds is 5. The third kappa shape index (κ3) is 3.62. The summed E-state index contributed by atoms with van der Waals surface area (Å²) >= 11 is 0. The molecule has 174 valence electrons. The van der Waals surface area contributed by atoms with E-state index in [-0.39, 0.29) is 5.41 Å². The fraction of sp³-hybridized carbons (Fsp3) is 0.387. The fourth-order valence-electron chi connectivity index (χ4n) is 7.57. The highest BCUT2D eigenvalue weighted by atomic mass is 16.5. The van der Waals surface area contributed by atoms with Gasteiger partial charge in [0.1, 0.15) is 11.5 Å². The van der Waals surface area contributed by atoms with Gasteiger partial charge in [-0.25, -0.2) is 0 Å². The van der Waals surface area contributed by atoms with Gasteiger partial charge in [-0.2, -0.15) is 0 Å². The van der Waals surface area contributed by atoms with Crippen LogP contribution < -0.4 is 4.74 Å². The molecule has 0 aliphatic heterocycles. The molecule has 4 fully saturated rings. The van der Waals surface area contributed by atoms with Crippen LogP contribution in [-0.4, -0.2) is 18.4 Å². The van der Waals surface area contributed by atoms with Gasteiger partial charge < -0.3 is 9.84 Å². The van der Waals surface area contributed by atoms with E-state index in [1.54, 1.807) is 7.11 Å². The van der Waals surface area contributed by atoms with Gasteiger partial charge in [0.15, 0.2) is 0 Å². The Bertz CT molecular complexity index is 1220. The van der Waals surface area contributed by atoms with Gasteiger partial charge in [-0.1, -0.05) is 42.5 Å². The summed E-state index contributed by atoms with van der Waals surface area (Å²) in [6, 6.07) is 20.5. The van der Waals surface area contributed by atoms with Crippen molar-refractivity contribution in [2.24, 2.45) is 22.7 Å². The first-order chi connectivity index (χ1) is 16.5. The van der Waals surface area contributed by atoms with Gasteiger partial charge >= 0.3 is 0 Å². The van der Waals surface area contributed by atoms with E-state index in [0.717, 1.165) is 45.9 Å². The molecular formula is C31H33NO2. The van der Waals surface area contributed by atoms with E-state index in [1.807, 2.05) is 42.6 Å². The first kappa shape index (κ1) is 21.5. The lowest BCUT2D eigenvalue weighted by Crippen LogP contribution is -2.48. The fourth-order valence-corrected chi connectivity index (χ4v) is 7.57. The van der Waals surface area contributed by atoms with E-state index in [9.17, 15) is 5.11 Å². The second-order valence-electron chi connectivity index (χ2n) is 10.9. The SMILES string of the molecule is COc1ccccc1-c1ccccc1N=Cc1cc(C)cc(C23CC4CC(CC(C4)C2)C3)c1O. The lowest BCUT2D eigenvalue weighted by molar-refractivity contribution is -0.00616. The molecule has 0 unspecified atom stereocenters. The molecule has 0 heterocycles. The van der Waals surface area contributed by atoms with Crippen LogP contribution in [0.3, 0.4) is 0 Å². The molecule has 34 heavy (non-hydrogen) atoms. The Labute approximate surface area is 202 Å². The third-order valence-corrected chi connectivity index (χ3v) is 8.54. The van der Waals surface area contributed by atoms with Crippen molar-refractivity contribution in [1.29, 1.82) is 0 Å². The van der Waals surface area contributed by atoms with Crippen LogP contribution in [0.1, 0.15) is 55.2 Å². The molecular weight excluding hydrogens is 418 g/mol. The van der Waals surface area contributed by atoms with Crippen LogP contribution in [0.2, 0.25) is 0 Å². The molecule has 4 aliphatic rings. The van der Waals surface area contributed by atoms with Gasteiger partial charge in [0.2, 0.25) is 0 Å². The van der Waals surface area contributed by atoms with Crippen LogP contribution in [0.5, 0.6) is 11.5 Å². The Kier molecular flexibility index (Phi) is 5.24. The third-order valence-electron chi connectivity index (χ3n) is 8.54. The van der Waals surface area contributed by atoms with E-state index in [2.05, 4.69) is 31.2 Å². The number of benzene rings is 3. The Morgan fingerprint density at radius 3 is 2.18 bits per heavy atom. The minimum Gasteiger partial charge on any atom is -0.507 e. The molecule has 3 aromatic rings. The summed E-state index contributed by atoms with van der Waals surface area (Å²) in [6.07, 6.45) is 9.77. The standard InChI is InChI=1S/C31H33NO2/c1-20-11-24(19-32-28-9-5-3-7-25(28)26-8-4-6-10-29(26)34-2)30(33)27(12-20)31-16-21-13-22(17-31)15-23(14-21)18-31/h3-12,19,21-23,33H,13-18H2,1-2H3. The zero-order chi connectivity index (χ0) is 23.3. The zero-order valence-electron chi connectivity index (χ0n) is 20.1. The summed E-state index contributed by atoms with van der Waals surface area (Å²) in [5, 5.41) is 11.5.